The van der Waals surface area contributed by atoms with Gasteiger partial charge in [0, 0.05) is 12.2 Å². The average molecular weight is 223 g/mol. The number of hydrogen-bond acceptors (Lipinski definition) is 2. The van der Waals surface area contributed by atoms with Crippen LogP contribution in [0.2, 0.25) is 0 Å². The Kier molecular flexibility index (Phi) is 5.62. The van der Waals surface area contributed by atoms with Crippen molar-refractivity contribution in [2.75, 3.05) is 17.6 Å². The monoisotopic (exact) mass is 223 g/mol. The van der Waals surface area contributed by atoms with Gasteiger partial charge in [0.25, 0.3) is 0 Å². The normalized spacial score (nSPS) is 10.7. The molecule has 0 aliphatic heterocycles. The van der Waals surface area contributed by atoms with Gasteiger partial charge in [0.15, 0.2) is 0 Å². The molecule has 0 atom stereocenters. The van der Waals surface area contributed by atoms with Crippen LogP contribution in [0.15, 0.2) is 24.3 Å². The molecular formula is C13H21NS. The van der Waals surface area contributed by atoms with Crippen LogP contribution < -0.4 is 5.32 Å². The molecule has 0 fully saturated rings. The van der Waals surface area contributed by atoms with Crippen LogP contribution in [0, 0.1) is 5.92 Å². The van der Waals surface area contributed by atoms with E-state index in [1.165, 1.54) is 11.3 Å². The minimum absolute atomic E-state index is 0.730. The molecule has 1 nitrogen and oxygen atoms in total. The van der Waals surface area contributed by atoms with E-state index in [2.05, 4.69) is 56.1 Å². The molecule has 0 unspecified atom stereocenters. The maximum Gasteiger partial charge on any atom is 0.0340 e. The smallest absolute Gasteiger partial charge is 0.0340 e. The van der Waals surface area contributed by atoms with Crippen LogP contribution in [0.4, 0.5) is 5.69 Å². The molecule has 1 N–H and O–H groups in total. The van der Waals surface area contributed by atoms with Gasteiger partial charge in [0.05, 0.1) is 0 Å². The molecule has 15 heavy (non-hydrogen) atoms. The summed E-state index contributed by atoms with van der Waals surface area (Å²) in [6.45, 7) is 5.50. The lowest BCUT2D eigenvalue weighted by Gasteiger charge is -2.08. The van der Waals surface area contributed by atoms with Gasteiger partial charge in [-0.1, -0.05) is 26.0 Å². The van der Waals surface area contributed by atoms with Gasteiger partial charge in [-0.15, -0.1) is 0 Å². The molecule has 84 valence electrons. The van der Waals surface area contributed by atoms with Crippen LogP contribution in [-0.4, -0.2) is 12.3 Å². The molecule has 1 rings (SSSR count). The maximum absolute atomic E-state index is 4.18. The molecule has 0 aromatic heterocycles. The Balaban J connectivity index is 2.42. The van der Waals surface area contributed by atoms with Gasteiger partial charge >= 0.3 is 0 Å². The van der Waals surface area contributed by atoms with Crippen LogP contribution in [0.25, 0.3) is 0 Å². The fourth-order valence-electron chi connectivity index (χ4n) is 1.54. The Morgan fingerprint density at radius 3 is 2.40 bits per heavy atom. The highest BCUT2D eigenvalue weighted by Crippen LogP contribution is 2.12. The summed E-state index contributed by atoms with van der Waals surface area (Å²) in [5.74, 6) is 1.67. The van der Waals surface area contributed by atoms with Gasteiger partial charge in [-0.25, -0.2) is 0 Å². The first-order chi connectivity index (χ1) is 7.22. The van der Waals surface area contributed by atoms with Crippen molar-refractivity contribution >= 4 is 18.3 Å². The second-order valence-corrected chi connectivity index (χ2v) is 4.75. The van der Waals surface area contributed by atoms with Crippen molar-refractivity contribution < 1.29 is 0 Å². The minimum Gasteiger partial charge on any atom is -0.385 e. The Hall–Kier alpha value is -0.630. The number of benzene rings is 1. The van der Waals surface area contributed by atoms with Gasteiger partial charge in [0.1, 0.15) is 0 Å². The average Bonchev–Trinajstić information content (AvgIpc) is 2.20. The number of thiol groups is 1. The Labute approximate surface area is 98.7 Å². The van der Waals surface area contributed by atoms with Crippen molar-refractivity contribution in [1.82, 2.24) is 0 Å². The minimum atomic E-state index is 0.730. The third-order valence-electron chi connectivity index (χ3n) is 2.26. The van der Waals surface area contributed by atoms with E-state index in [0.29, 0.717) is 0 Å². The van der Waals surface area contributed by atoms with Crippen molar-refractivity contribution in [2.45, 2.75) is 26.7 Å². The van der Waals surface area contributed by atoms with Gasteiger partial charge in [-0.05, 0) is 42.2 Å². The molecular weight excluding hydrogens is 202 g/mol. The van der Waals surface area contributed by atoms with Gasteiger partial charge in [-0.3, -0.25) is 0 Å². The van der Waals surface area contributed by atoms with E-state index >= 15 is 0 Å². The number of anilines is 1. The molecule has 0 radical (unpaired) electrons. The zero-order chi connectivity index (χ0) is 11.1. The zero-order valence-electron chi connectivity index (χ0n) is 9.66. The first kappa shape index (κ1) is 12.4. The molecule has 0 saturated heterocycles. The summed E-state index contributed by atoms with van der Waals surface area (Å²) in [6.07, 6.45) is 2.27. The highest BCUT2D eigenvalue weighted by Gasteiger charge is 1.97. The molecule has 0 amide bonds. The van der Waals surface area contributed by atoms with Crippen LogP contribution in [0.3, 0.4) is 0 Å². The summed E-state index contributed by atoms with van der Waals surface area (Å²) >= 11 is 4.18. The lowest BCUT2D eigenvalue weighted by molar-refractivity contribution is 0.647. The van der Waals surface area contributed by atoms with E-state index in [1.54, 1.807) is 0 Å². The van der Waals surface area contributed by atoms with Crippen molar-refractivity contribution in [2.24, 2.45) is 5.92 Å². The predicted octanol–water partition coefficient (Wildman–Crippen LogP) is 3.62. The Morgan fingerprint density at radius 2 is 1.87 bits per heavy atom. The van der Waals surface area contributed by atoms with Gasteiger partial charge in [0.2, 0.25) is 0 Å². The summed E-state index contributed by atoms with van der Waals surface area (Å²) < 4.78 is 0. The Morgan fingerprint density at radius 1 is 1.20 bits per heavy atom. The quantitative estimate of drug-likeness (QED) is 0.554. The van der Waals surface area contributed by atoms with E-state index in [1.807, 2.05) is 0 Å². The van der Waals surface area contributed by atoms with E-state index < -0.39 is 0 Å². The summed E-state index contributed by atoms with van der Waals surface area (Å²) in [5.41, 5.74) is 2.63. The summed E-state index contributed by atoms with van der Waals surface area (Å²) in [7, 11) is 0. The molecule has 0 aliphatic carbocycles. The van der Waals surface area contributed by atoms with Crippen LogP contribution in [-0.2, 0) is 6.42 Å². The van der Waals surface area contributed by atoms with E-state index in [9.17, 15) is 0 Å². The fourth-order valence-corrected chi connectivity index (χ4v) is 1.70. The lowest BCUT2D eigenvalue weighted by Crippen LogP contribution is -2.02. The van der Waals surface area contributed by atoms with E-state index in [4.69, 9.17) is 0 Å². The molecule has 0 saturated carbocycles. The van der Waals surface area contributed by atoms with Crippen molar-refractivity contribution in [3.8, 4) is 0 Å². The Bertz CT molecular complexity index is 266. The van der Waals surface area contributed by atoms with E-state index in [0.717, 1.165) is 31.1 Å². The van der Waals surface area contributed by atoms with Gasteiger partial charge < -0.3 is 5.32 Å². The highest BCUT2D eigenvalue weighted by molar-refractivity contribution is 7.80. The number of nitrogens with one attached hydrogen (secondary N) is 1. The van der Waals surface area contributed by atoms with Crippen molar-refractivity contribution in [3.05, 3.63) is 29.8 Å². The SMILES string of the molecule is CC(C)Cc1ccc(NCCCS)cc1. The fraction of sp³-hybridized carbons (Fsp3) is 0.538. The highest BCUT2D eigenvalue weighted by atomic mass is 32.1. The topological polar surface area (TPSA) is 12.0 Å². The van der Waals surface area contributed by atoms with Crippen LogP contribution in [0.5, 0.6) is 0 Å². The maximum atomic E-state index is 4.18. The van der Waals surface area contributed by atoms with E-state index in [-0.39, 0.29) is 0 Å². The first-order valence-electron chi connectivity index (χ1n) is 5.66. The second kappa shape index (κ2) is 6.78. The predicted molar refractivity (Wildman–Crippen MR) is 71.9 cm³/mol. The lowest BCUT2D eigenvalue weighted by atomic mass is 10.0. The van der Waals surface area contributed by atoms with Crippen LogP contribution in [0.1, 0.15) is 25.8 Å². The molecule has 1 aromatic rings. The molecule has 0 aliphatic rings. The summed E-state index contributed by atoms with van der Waals surface area (Å²) in [5, 5.41) is 3.38. The second-order valence-electron chi connectivity index (χ2n) is 4.30. The van der Waals surface area contributed by atoms with Crippen LogP contribution >= 0.6 is 12.6 Å². The summed E-state index contributed by atoms with van der Waals surface area (Å²) in [4.78, 5) is 0. The van der Waals surface area contributed by atoms with Crippen molar-refractivity contribution in [1.29, 1.82) is 0 Å². The van der Waals surface area contributed by atoms with Gasteiger partial charge in [-0.2, -0.15) is 12.6 Å². The molecule has 0 heterocycles. The molecule has 2 heteroatoms. The number of hydrogen-bond donors (Lipinski definition) is 2. The van der Waals surface area contributed by atoms with Crippen molar-refractivity contribution in [3.63, 3.8) is 0 Å². The largest absolute Gasteiger partial charge is 0.385 e. The first-order valence-corrected chi connectivity index (χ1v) is 6.29. The standard InChI is InChI=1S/C13H21NS/c1-11(2)10-12-4-6-13(7-5-12)14-8-3-9-15/h4-7,11,14-15H,3,8-10H2,1-2H3. The molecule has 0 bridgehead atoms. The third-order valence-corrected chi connectivity index (χ3v) is 2.58. The molecule has 0 spiro atoms. The number of rotatable bonds is 6. The third kappa shape index (κ3) is 5.12. The summed E-state index contributed by atoms with van der Waals surface area (Å²) in [6, 6.07) is 8.75. The zero-order valence-corrected chi connectivity index (χ0v) is 10.6. The molecule has 1 aromatic carbocycles.